The Bertz CT molecular complexity index is 827. The first-order valence-electron chi connectivity index (χ1n) is 8.08. The van der Waals surface area contributed by atoms with E-state index in [1.807, 2.05) is 37.4 Å². The van der Waals surface area contributed by atoms with Crippen molar-refractivity contribution in [3.63, 3.8) is 0 Å². The molecule has 1 aromatic carbocycles. The molecule has 0 aliphatic rings. The summed E-state index contributed by atoms with van der Waals surface area (Å²) in [5.41, 5.74) is 0.809. The van der Waals surface area contributed by atoms with Crippen molar-refractivity contribution in [3.05, 3.63) is 54.3 Å². The Morgan fingerprint density at radius 1 is 1.23 bits per heavy atom. The first-order valence-corrected chi connectivity index (χ1v) is 8.08. The van der Waals surface area contributed by atoms with Crippen molar-refractivity contribution in [2.45, 2.75) is 13.1 Å². The molecule has 0 aliphatic heterocycles. The van der Waals surface area contributed by atoms with Crippen LogP contribution in [0.5, 0.6) is 5.75 Å². The molecule has 1 amide bonds. The van der Waals surface area contributed by atoms with E-state index in [1.54, 1.807) is 24.3 Å². The number of rotatable bonds is 8. The third kappa shape index (κ3) is 4.70. The molecule has 0 spiro atoms. The highest BCUT2D eigenvalue weighted by Gasteiger charge is 2.13. The molecule has 0 aliphatic carbocycles. The Morgan fingerprint density at radius 2 is 2.04 bits per heavy atom. The fraction of sp³-hybridized carbons (Fsp3) is 0.278. The fourth-order valence-electron chi connectivity index (χ4n) is 2.35. The first kappa shape index (κ1) is 17.7. The third-order valence-electron chi connectivity index (χ3n) is 3.66. The molecule has 8 heteroatoms. The van der Waals surface area contributed by atoms with Crippen LogP contribution in [0, 0.1) is 0 Å². The van der Waals surface area contributed by atoms with Crippen LogP contribution >= 0.6 is 0 Å². The van der Waals surface area contributed by atoms with Crippen LogP contribution in [0.2, 0.25) is 0 Å². The highest BCUT2D eigenvalue weighted by Crippen LogP contribution is 2.21. The number of aromatic nitrogens is 2. The van der Waals surface area contributed by atoms with E-state index >= 15 is 0 Å². The zero-order valence-corrected chi connectivity index (χ0v) is 14.6. The number of methoxy groups -OCH3 is 1. The lowest BCUT2D eigenvalue weighted by Crippen LogP contribution is -2.34. The van der Waals surface area contributed by atoms with Gasteiger partial charge >= 0.3 is 0 Å². The summed E-state index contributed by atoms with van der Waals surface area (Å²) in [6.07, 6.45) is 1.57. The van der Waals surface area contributed by atoms with E-state index in [0.717, 1.165) is 11.3 Å². The number of nitrogens with zero attached hydrogens (tertiary/aromatic N) is 3. The molecule has 1 N–H and O–H groups in total. The minimum Gasteiger partial charge on any atom is -0.497 e. The molecule has 2 aromatic heterocycles. The third-order valence-corrected chi connectivity index (χ3v) is 3.66. The molecule has 0 saturated heterocycles. The number of carbonyl (C=O) groups is 1. The Hall–Kier alpha value is -3.13. The van der Waals surface area contributed by atoms with Crippen molar-refractivity contribution in [1.29, 1.82) is 0 Å². The van der Waals surface area contributed by atoms with Gasteiger partial charge in [0.05, 0.1) is 33.0 Å². The second-order valence-corrected chi connectivity index (χ2v) is 5.76. The Morgan fingerprint density at radius 3 is 2.73 bits per heavy atom. The number of nitrogens with one attached hydrogen (secondary N) is 1. The Balaban J connectivity index is 1.50. The van der Waals surface area contributed by atoms with Gasteiger partial charge in [-0.3, -0.25) is 9.69 Å². The maximum atomic E-state index is 12.0. The lowest BCUT2D eigenvalue weighted by molar-refractivity contribution is -0.122. The van der Waals surface area contributed by atoms with Gasteiger partial charge in [-0.15, -0.1) is 10.2 Å². The monoisotopic (exact) mass is 356 g/mol. The molecule has 0 saturated carbocycles. The van der Waals surface area contributed by atoms with Gasteiger partial charge in [0.1, 0.15) is 11.5 Å². The Labute approximate surface area is 150 Å². The highest BCUT2D eigenvalue weighted by molar-refractivity contribution is 5.77. The predicted molar refractivity (Wildman–Crippen MR) is 93.2 cm³/mol. The standard InChI is InChI=1S/C18H20N4O4/c1-22(11-16(23)19-10-15-4-3-9-25-15)12-17-20-21-18(26-17)13-5-7-14(24-2)8-6-13/h3-9H,10-12H2,1-2H3,(H,19,23). The van der Waals surface area contributed by atoms with Gasteiger partial charge in [-0.2, -0.15) is 0 Å². The molecule has 8 nitrogen and oxygen atoms in total. The summed E-state index contributed by atoms with van der Waals surface area (Å²) in [4.78, 5) is 13.7. The molecule has 3 aromatic rings. The smallest absolute Gasteiger partial charge is 0.247 e. The molecule has 0 unspecified atom stereocenters. The normalized spacial score (nSPS) is 10.9. The number of carbonyl (C=O) groups excluding carboxylic acids is 1. The number of amides is 1. The van der Waals surface area contributed by atoms with E-state index in [1.165, 1.54) is 0 Å². The van der Waals surface area contributed by atoms with Gasteiger partial charge in [0.25, 0.3) is 0 Å². The van der Waals surface area contributed by atoms with Crippen LogP contribution in [0.4, 0.5) is 0 Å². The van der Waals surface area contributed by atoms with Gasteiger partial charge in [-0.05, 0) is 43.4 Å². The van der Waals surface area contributed by atoms with Gasteiger partial charge in [-0.25, -0.2) is 0 Å². The van der Waals surface area contributed by atoms with Crippen LogP contribution in [0.15, 0.2) is 51.5 Å². The van der Waals surface area contributed by atoms with Crippen molar-refractivity contribution in [2.24, 2.45) is 0 Å². The topological polar surface area (TPSA) is 93.6 Å². The zero-order chi connectivity index (χ0) is 18.4. The summed E-state index contributed by atoms with van der Waals surface area (Å²) in [5, 5.41) is 10.9. The van der Waals surface area contributed by atoms with Crippen molar-refractivity contribution in [2.75, 3.05) is 20.7 Å². The van der Waals surface area contributed by atoms with Crippen LogP contribution in [0.3, 0.4) is 0 Å². The van der Waals surface area contributed by atoms with E-state index in [4.69, 9.17) is 13.6 Å². The summed E-state index contributed by atoms with van der Waals surface area (Å²) >= 11 is 0. The second kappa shape index (κ2) is 8.30. The van der Waals surface area contributed by atoms with E-state index in [2.05, 4.69) is 15.5 Å². The molecule has 2 heterocycles. The van der Waals surface area contributed by atoms with Crippen molar-refractivity contribution < 1.29 is 18.4 Å². The maximum Gasteiger partial charge on any atom is 0.247 e. The first-order chi connectivity index (χ1) is 12.6. The number of hydrogen-bond acceptors (Lipinski definition) is 7. The molecule has 136 valence electrons. The largest absolute Gasteiger partial charge is 0.497 e. The average molecular weight is 356 g/mol. The lowest BCUT2D eigenvalue weighted by atomic mass is 10.2. The molecular weight excluding hydrogens is 336 g/mol. The number of benzene rings is 1. The van der Waals surface area contributed by atoms with Gasteiger partial charge in [0.15, 0.2) is 0 Å². The summed E-state index contributed by atoms with van der Waals surface area (Å²) in [6.45, 7) is 0.945. The molecule has 0 radical (unpaired) electrons. The van der Waals surface area contributed by atoms with E-state index in [-0.39, 0.29) is 12.5 Å². The zero-order valence-electron chi connectivity index (χ0n) is 14.6. The van der Waals surface area contributed by atoms with Crippen molar-refractivity contribution >= 4 is 5.91 Å². The molecule has 26 heavy (non-hydrogen) atoms. The Kier molecular flexibility index (Phi) is 5.65. The van der Waals surface area contributed by atoms with Crippen LogP contribution in [-0.4, -0.2) is 41.7 Å². The minimum absolute atomic E-state index is 0.112. The average Bonchev–Trinajstić information content (AvgIpc) is 3.32. The molecule has 0 bridgehead atoms. The fourth-order valence-corrected chi connectivity index (χ4v) is 2.35. The lowest BCUT2D eigenvalue weighted by Gasteiger charge is -2.13. The van der Waals surface area contributed by atoms with E-state index < -0.39 is 0 Å². The van der Waals surface area contributed by atoms with Crippen LogP contribution in [-0.2, 0) is 17.9 Å². The SMILES string of the molecule is COc1ccc(-c2nnc(CN(C)CC(=O)NCc3ccco3)o2)cc1. The van der Waals surface area contributed by atoms with Gasteiger partial charge in [0.2, 0.25) is 17.7 Å². The summed E-state index contributed by atoms with van der Waals surface area (Å²) in [6, 6.07) is 10.9. The number of likely N-dealkylation sites (N-methyl/N-ethyl adjacent to an activating group) is 1. The number of furan rings is 1. The summed E-state index contributed by atoms with van der Waals surface area (Å²) in [5.74, 6) is 2.23. The van der Waals surface area contributed by atoms with Crippen molar-refractivity contribution in [3.8, 4) is 17.2 Å². The van der Waals surface area contributed by atoms with E-state index in [0.29, 0.717) is 30.6 Å². The quantitative estimate of drug-likeness (QED) is 0.660. The van der Waals surface area contributed by atoms with Crippen LogP contribution in [0.25, 0.3) is 11.5 Å². The molecule has 0 fully saturated rings. The summed E-state index contributed by atoms with van der Waals surface area (Å²) in [7, 11) is 3.42. The minimum atomic E-state index is -0.112. The molecule has 0 atom stereocenters. The predicted octanol–water partition coefficient (Wildman–Crippen LogP) is 2.09. The second-order valence-electron chi connectivity index (χ2n) is 5.76. The maximum absolute atomic E-state index is 12.0. The van der Waals surface area contributed by atoms with Crippen LogP contribution in [0.1, 0.15) is 11.7 Å². The molecule has 3 rings (SSSR count). The van der Waals surface area contributed by atoms with Crippen LogP contribution < -0.4 is 10.1 Å². The molecular formula is C18H20N4O4. The van der Waals surface area contributed by atoms with Gasteiger partial charge < -0.3 is 18.9 Å². The number of ether oxygens (including phenoxy) is 1. The van der Waals surface area contributed by atoms with Gasteiger partial charge in [-0.1, -0.05) is 0 Å². The summed E-state index contributed by atoms with van der Waals surface area (Å²) < 4.78 is 16.0. The van der Waals surface area contributed by atoms with E-state index in [9.17, 15) is 4.79 Å². The number of hydrogen-bond donors (Lipinski definition) is 1. The van der Waals surface area contributed by atoms with Gasteiger partial charge in [0, 0.05) is 5.56 Å². The highest BCUT2D eigenvalue weighted by atomic mass is 16.5. The van der Waals surface area contributed by atoms with Crippen molar-refractivity contribution in [1.82, 2.24) is 20.4 Å².